The molecule has 0 atom stereocenters. The summed E-state index contributed by atoms with van der Waals surface area (Å²) in [6.45, 7) is 21.3. The fourth-order valence-electron chi connectivity index (χ4n) is 17.9. The van der Waals surface area contributed by atoms with Crippen molar-refractivity contribution in [2.45, 2.75) is 69.2 Å². The number of para-hydroxylation sites is 4. The second kappa shape index (κ2) is 32.8. The Morgan fingerprint density at radius 2 is 0.400 bits per heavy atom. The van der Waals surface area contributed by atoms with Gasteiger partial charge in [0.15, 0.2) is 0 Å². The summed E-state index contributed by atoms with van der Waals surface area (Å²) >= 11 is 0. The molecule has 6 heterocycles. The molecule has 22 rings (SSSR count). The van der Waals surface area contributed by atoms with E-state index in [9.17, 15) is 0 Å². The summed E-state index contributed by atoms with van der Waals surface area (Å²) < 4.78 is 13.8. The molecule has 8 nitrogen and oxygen atoms in total. The summed E-state index contributed by atoms with van der Waals surface area (Å²) in [7, 11) is 12.9. The van der Waals surface area contributed by atoms with Crippen LogP contribution in [0.5, 0.6) is 0 Å². The van der Waals surface area contributed by atoms with Crippen molar-refractivity contribution >= 4 is 165 Å². The van der Waals surface area contributed by atoms with Crippen molar-refractivity contribution < 1.29 is 0 Å². The molecular weight excluding hydrogens is 1460 g/mol. The van der Waals surface area contributed by atoms with E-state index in [0.29, 0.717) is 0 Å². The average Bonchev–Trinajstić information content (AvgIpc) is 1.56. The van der Waals surface area contributed by atoms with E-state index >= 15 is 0 Å². The number of fused-ring (bicyclic) bond motifs is 19. The molecule has 6 aromatic heterocycles. The van der Waals surface area contributed by atoms with Crippen molar-refractivity contribution in [3.8, 4) is 0 Å². The normalized spacial score (nSPS) is 11.3. The monoisotopic (exact) mass is 1560 g/mol. The summed E-state index contributed by atoms with van der Waals surface area (Å²) in [6.07, 6.45) is 0. The third-order valence-electron chi connectivity index (χ3n) is 24.2. The van der Waals surface area contributed by atoms with Crippen LogP contribution in [0.2, 0.25) is 0 Å². The van der Waals surface area contributed by atoms with Gasteiger partial charge in [0.05, 0.1) is 11.0 Å². The Balaban J connectivity index is 0.000000103. The van der Waals surface area contributed by atoms with Gasteiger partial charge in [-0.05, 0) is 249 Å². The van der Waals surface area contributed by atoms with Gasteiger partial charge < -0.3 is 37.2 Å². The molecule has 0 radical (unpaired) electrons. The van der Waals surface area contributed by atoms with Crippen molar-refractivity contribution in [1.82, 2.24) is 27.4 Å². The topological polar surface area (TPSA) is 36.1 Å². The van der Waals surface area contributed by atoms with Gasteiger partial charge in [0.1, 0.15) is 0 Å². The summed E-state index contributed by atoms with van der Waals surface area (Å²) in [5.74, 6) is 0. The van der Waals surface area contributed by atoms with Crippen molar-refractivity contribution in [3.05, 3.63) is 395 Å². The van der Waals surface area contributed by atoms with Crippen molar-refractivity contribution in [3.63, 3.8) is 0 Å². The molecule has 0 spiro atoms. The van der Waals surface area contributed by atoms with Crippen LogP contribution in [-0.4, -0.2) is 27.4 Å². The summed E-state index contributed by atoms with van der Waals surface area (Å²) in [5.41, 5.74) is 35.6. The highest BCUT2D eigenvalue weighted by Crippen LogP contribution is 2.42. The van der Waals surface area contributed by atoms with Gasteiger partial charge >= 0.3 is 0 Å². The number of anilines is 6. The number of hydrogen-bond donors (Lipinski definition) is 0. The lowest BCUT2D eigenvalue weighted by Gasteiger charge is -2.26. The van der Waals surface area contributed by atoms with Gasteiger partial charge in [-0.25, -0.2) is 0 Å². The third-order valence-corrected chi connectivity index (χ3v) is 24.2. The lowest BCUT2D eigenvalue weighted by atomic mass is 10.1. The number of aromatic nitrogens is 6. The second-order valence-electron chi connectivity index (χ2n) is 32.9. The minimum atomic E-state index is 1.18. The van der Waals surface area contributed by atoms with Crippen LogP contribution in [0.15, 0.2) is 340 Å². The van der Waals surface area contributed by atoms with Gasteiger partial charge in [-0.15, -0.1) is 0 Å². The molecule has 120 heavy (non-hydrogen) atoms. The van der Waals surface area contributed by atoms with E-state index in [4.69, 9.17) is 0 Å². The third kappa shape index (κ3) is 15.0. The van der Waals surface area contributed by atoms with Crippen LogP contribution in [0, 0.1) is 69.2 Å². The highest BCUT2D eigenvalue weighted by molar-refractivity contribution is 6.25. The van der Waals surface area contributed by atoms with E-state index in [1.165, 1.54) is 221 Å². The van der Waals surface area contributed by atoms with Crippen molar-refractivity contribution in [2.75, 3.05) is 9.80 Å². The van der Waals surface area contributed by atoms with Crippen molar-refractivity contribution in [2.24, 2.45) is 42.3 Å². The summed E-state index contributed by atoms with van der Waals surface area (Å²) in [6, 6.07) is 122. The molecule has 22 aromatic rings. The van der Waals surface area contributed by atoms with E-state index < -0.39 is 0 Å². The maximum absolute atomic E-state index is 2.34. The highest BCUT2D eigenvalue weighted by atomic mass is 15.1. The molecule has 0 amide bonds. The first-order valence-electron chi connectivity index (χ1n) is 41.7. The number of hydrogen-bond acceptors (Lipinski definition) is 2. The first kappa shape index (κ1) is 78.4. The van der Waals surface area contributed by atoms with Crippen LogP contribution in [0.25, 0.3) is 131 Å². The molecule has 0 aliphatic heterocycles. The van der Waals surface area contributed by atoms with E-state index in [1.54, 1.807) is 0 Å². The van der Waals surface area contributed by atoms with Crippen LogP contribution in [0.3, 0.4) is 0 Å². The molecule has 8 heteroatoms. The van der Waals surface area contributed by atoms with Gasteiger partial charge in [0, 0.05) is 196 Å². The molecule has 0 unspecified atom stereocenters. The molecule has 592 valence electrons. The van der Waals surface area contributed by atoms with E-state index in [1.807, 2.05) is 0 Å². The quantitative estimate of drug-likeness (QED) is 0.166. The number of benzene rings is 16. The molecule has 16 aromatic carbocycles. The molecule has 0 saturated carbocycles. The Morgan fingerprint density at radius 1 is 0.150 bits per heavy atom. The first-order valence-corrected chi connectivity index (χ1v) is 41.7. The zero-order valence-corrected chi connectivity index (χ0v) is 71.9. The predicted molar refractivity (Wildman–Crippen MR) is 519 cm³/mol. The first-order chi connectivity index (χ1) is 58.1. The van der Waals surface area contributed by atoms with E-state index in [-0.39, 0.29) is 0 Å². The highest BCUT2D eigenvalue weighted by Gasteiger charge is 2.20. The lowest BCUT2D eigenvalue weighted by molar-refractivity contribution is 1.01. The van der Waals surface area contributed by atoms with Crippen LogP contribution in [-0.2, 0) is 42.3 Å². The molecule has 0 fully saturated rings. The Labute approximate surface area is 704 Å². The Hall–Kier alpha value is -14.1. The smallest absolute Gasteiger partial charge is 0.0590 e. The van der Waals surface area contributed by atoms with Crippen LogP contribution in [0.4, 0.5) is 34.1 Å². The van der Waals surface area contributed by atoms with Crippen molar-refractivity contribution in [1.29, 1.82) is 0 Å². The van der Waals surface area contributed by atoms with Gasteiger partial charge in [0.25, 0.3) is 0 Å². The lowest BCUT2D eigenvalue weighted by Crippen LogP contribution is -2.10. The standard InChI is InChI=1S/2C21H21N.2C20H16N2.2C15H15N/c1-16-4-10-19(11-5-16)22(20-12-6-17(2)7-13-20)21-14-8-18(3)9-15-21;1-16-7-4-10-19(13-16)22(20-11-5-8-17(2)14-20)21-12-6-9-18(3)15-21;1-21-17-9-5-3-7-13(17)15-12-20-16(11-19(15)21)14-8-4-6-10-18(14)22(20)2;1-21-17-10-6-4-8-15(17)19-18(21)12-11-14-13-7-3-5-9-16(13)22(2)20(14)19;1-10-4-6-14-12(8-10)13-9-11(2)5-7-15(13)16(14)3;1-10-4-6-12-13-7-5-11(2)9-15(13)16(3)14(12)8-10/h2*4-15H,1-3H3;2*3-12H,1-2H3;2*4-9H,1-3H3. The molecule has 0 saturated heterocycles. The molecule has 0 N–H and O–H groups in total. The summed E-state index contributed by atoms with van der Waals surface area (Å²) in [4.78, 5) is 4.60. The number of aryl methyl sites for hydroxylation is 16. The fourth-order valence-corrected chi connectivity index (χ4v) is 17.9. The van der Waals surface area contributed by atoms with Gasteiger partial charge in [0.2, 0.25) is 0 Å². The Bertz CT molecular complexity index is 7170. The van der Waals surface area contributed by atoms with Gasteiger partial charge in [-0.2, -0.15) is 0 Å². The Morgan fingerprint density at radius 3 is 0.800 bits per heavy atom. The second-order valence-corrected chi connectivity index (χ2v) is 32.9. The predicted octanol–water partition coefficient (Wildman–Crippen LogP) is 30.0. The summed E-state index contributed by atoms with van der Waals surface area (Å²) in [5, 5.41) is 16.1. The zero-order valence-electron chi connectivity index (χ0n) is 71.9. The van der Waals surface area contributed by atoms with E-state index in [0.717, 1.165) is 0 Å². The number of nitrogens with zero attached hydrogens (tertiary/aromatic N) is 8. The molecule has 0 bridgehead atoms. The van der Waals surface area contributed by atoms with Crippen LogP contribution >= 0.6 is 0 Å². The zero-order chi connectivity index (χ0) is 83.3. The van der Waals surface area contributed by atoms with E-state index in [2.05, 4.69) is 488 Å². The largest absolute Gasteiger partial charge is 0.344 e. The fraction of sp³-hybridized carbons (Fsp3) is 0.143. The maximum atomic E-state index is 2.34. The van der Waals surface area contributed by atoms with Crippen LogP contribution < -0.4 is 9.80 Å². The van der Waals surface area contributed by atoms with Gasteiger partial charge in [-0.3, -0.25) is 0 Å². The molecule has 0 aliphatic rings. The minimum Gasteiger partial charge on any atom is -0.344 e. The number of rotatable bonds is 6. The SMILES string of the molecule is Cc1ccc(N(c2ccc(C)cc2)c2ccc(C)cc2)cc1.Cc1ccc2c(c1)c1cc(C)ccc1n2C.Cc1ccc2c3ccc(C)cc3n(C)c2c1.Cc1cccc(N(c2cccc(C)c2)c2cccc(C)c2)c1.Cn1c2ccccc2c2c1ccc1c3ccccc3n(C)c12.Cn1c2ccccc2c2cc3c(cc21)c1ccccc1n3C. The van der Waals surface area contributed by atoms with Crippen LogP contribution in [0.1, 0.15) is 55.6 Å². The average molecular weight is 1560 g/mol. The minimum absolute atomic E-state index is 1.18. The maximum Gasteiger partial charge on any atom is 0.0590 e. The molecular formula is C112H104N8. The molecule has 0 aliphatic carbocycles. The van der Waals surface area contributed by atoms with Gasteiger partial charge in [-0.1, -0.05) is 216 Å². The Kier molecular flexibility index (Phi) is 21.4.